The van der Waals surface area contributed by atoms with Crippen LogP contribution in [0.4, 0.5) is 4.39 Å². The summed E-state index contributed by atoms with van der Waals surface area (Å²) in [6.07, 6.45) is 2.19. The van der Waals surface area contributed by atoms with Crippen LogP contribution in [0.5, 0.6) is 5.75 Å². The van der Waals surface area contributed by atoms with E-state index < -0.39 is 11.8 Å². The van der Waals surface area contributed by atoms with E-state index in [0.717, 1.165) is 12.8 Å². The molecule has 1 atom stereocenters. The number of hydrogen-bond acceptors (Lipinski definition) is 4. The minimum absolute atomic E-state index is 0.0472. The number of carbonyl (C=O) groups excluding carboxylic acids is 2. The summed E-state index contributed by atoms with van der Waals surface area (Å²) in [4.78, 5) is 23.0. The zero-order valence-corrected chi connectivity index (χ0v) is 12.4. The van der Waals surface area contributed by atoms with E-state index in [4.69, 9.17) is 9.47 Å². The third kappa shape index (κ3) is 6.88. The molecule has 1 rings (SSSR count). The molecule has 1 aromatic rings. The lowest BCUT2D eigenvalue weighted by Gasteiger charge is -2.11. The van der Waals surface area contributed by atoms with Gasteiger partial charge in [-0.1, -0.05) is 25.5 Å². The van der Waals surface area contributed by atoms with Crippen LogP contribution in [0.2, 0.25) is 0 Å². The van der Waals surface area contributed by atoms with Crippen LogP contribution < -0.4 is 4.74 Å². The minimum atomic E-state index is -0.585. The molecule has 0 aromatic heterocycles. The average molecular weight is 296 g/mol. The van der Waals surface area contributed by atoms with Crippen LogP contribution in [-0.4, -0.2) is 18.0 Å². The first-order chi connectivity index (χ1) is 10.0. The Bertz CT molecular complexity index is 473. The molecule has 0 radical (unpaired) electrons. The SMILES string of the molecule is CCCC(C)OC(=O)CCCC(=O)Oc1ccccc1F. The second kappa shape index (κ2) is 9.10. The highest BCUT2D eigenvalue weighted by atomic mass is 19.1. The lowest BCUT2D eigenvalue weighted by Crippen LogP contribution is -2.15. The zero-order chi connectivity index (χ0) is 15.7. The summed E-state index contributed by atoms with van der Waals surface area (Å²) in [6.45, 7) is 3.86. The normalized spacial score (nSPS) is 11.8. The Hall–Kier alpha value is -1.91. The number of esters is 2. The van der Waals surface area contributed by atoms with Gasteiger partial charge in [0.1, 0.15) is 0 Å². The van der Waals surface area contributed by atoms with Gasteiger partial charge in [0.15, 0.2) is 11.6 Å². The summed E-state index contributed by atoms with van der Waals surface area (Å²) in [5, 5.41) is 0. The van der Waals surface area contributed by atoms with Crippen molar-refractivity contribution < 1.29 is 23.5 Å². The van der Waals surface area contributed by atoms with Gasteiger partial charge in [0, 0.05) is 12.8 Å². The molecule has 5 heteroatoms. The minimum Gasteiger partial charge on any atom is -0.463 e. The van der Waals surface area contributed by atoms with Crippen molar-refractivity contribution in [1.82, 2.24) is 0 Å². The van der Waals surface area contributed by atoms with E-state index in [1.54, 1.807) is 6.07 Å². The average Bonchev–Trinajstić information content (AvgIpc) is 2.41. The van der Waals surface area contributed by atoms with Crippen molar-refractivity contribution in [1.29, 1.82) is 0 Å². The molecular formula is C16H21FO4. The highest BCUT2D eigenvalue weighted by Gasteiger charge is 2.12. The maximum Gasteiger partial charge on any atom is 0.311 e. The summed E-state index contributed by atoms with van der Waals surface area (Å²) in [5.41, 5.74) is 0. The molecule has 0 amide bonds. The van der Waals surface area contributed by atoms with Crippen LogP contribution >= 0.6 is 0 Å². The number of halogens is 1. The first kappa shape index (κ1) is 17.1. The van der Waals surface area contributed by atoms with E-state index in [1.807, 2.05) is 13.8 Å². The lowest BCUT2D eigenvalue weighted by atomic mass is 10.2. The first-order valence-electron chi connectivity index (χ1n) is 7.17. The van der Waals surface area contributed by atoms with Crippen LogP contribution in [0.3, 0.4) is 0 Å². The molecule has 0 aliphatic carbocycles. The monoisotopic (exact) mass is 296 g/mol. The van der Waals surface area contributed by atoms with Crippen molar-refractivity contribution in [2.45, 2.75) is 52.1 Å². The molecule has 0 spiro atoms. The second-order valence-electron chi connectivity index (χ2n) is 4.85. The fraction of sp³-hybridized carbons (Fsp3) is 0.500. The van der Waals surface area contributed by atoms with Gasteiger partial charge in [0.2, 0.25) is 0 Å². The largest absolute Gasteiger partial charge is 0.463 e. The summed E-state index contributed by atoms with van der Waals surface area (Å²) < 4.78 is 23.3. The standard InChI is InChI=1S/C16H21FO4/c1-3-7-12(2)20-15(18)10-6-11-16(19)21-14-9-5-4-8-13(14)17/h4-5,8-9,12H,3,6-7,10-11H2,1-2H3. The fourth-order valence-corrected chi connectivity index (χ4v) is 1.83. The van der Waals surface area contributed by atoms with E-state index in [1.165, 1.54) is 18.2 Å². The molecule has 4 nitrogen and oxygen atoms in total. The van der Waals surface area contributed by atoms with Gasteiger partial charge in [-0.15, -0.1) is 0 Å². The molecule has 1 aromatic carbocycles. The number of carbonyl (C=O) groups is 2. The van der Waals surface area contributed by atoms with Gasteiger partial charge in [0.05, 0.1) is 6.10 Å². The van der Waals surface area contributed by atoms with Crippen molar-refractivity contribution in [3.05, 3.63) is 30.1 Å². The fourth-order valence-electron chi connectivity index (χ4n) is 1.83. The number of ether oxygens (including phenoxy) is 2. The lowest BCUT2D eigenvalue weighted by molar-refractivity contribution is -0.148. The van der Waals surface area contributed by atoms with Gasteiger partial charge >= 0.3 is 11.9 Å². The Balaban J connectivity index is 2.25. The third-order valence-electron chi connectivity index (χ3n) is 2.85. The molecule has 21 heavy (non-hydrogen) atoms. The number of rotatable bonds is 8. The van der Waals surface area contributed by atoms with Crippen LogP contribution in [0, 0.1) is 5.82 Å². The van der Waals surface area contributed by atoms with Gasteiger partial charge in [-0.3, -0.25) is 9.59 Å². The van der Waals surface area contributed by atoms with E-state index in [-0.39, 0.29) is 30.7 Å². The van der Waals surface area contributed by atoms with Crippen LogP contribution in [-0.2, 0) is 14.3 Å². The van der Waals surface area contributed by atoms with Crippen molar-refractivity contribution in [2.75, 3.05) is 0 Å². The summed E-state index contributed by atoms with van der Waals surface area (Å²) in [6, 6.07) is 5.70. The molecular weight excluding hydrogens is 275 g/mol. The van der Waals surface area contributed by atoms with Crippen molar-refractivity contribution in [3.8, 4) is 5.75 Å². The Kier molecular flexibility index (Phi) is 7.43. The van der Waals surface area contributed by atoms with Crippen molar-refractivity contribution >= 4 is 11.9 Å². The molecule has 0 aliphatic rings. The van der Waals surface area contributed by atoms with Crippen LogP contribution in [0.15, 0.2) is 24.3 Å². The predicted octanol–water partition coefficient (Wildman–Crippen LogP) is 3.63. The molecule has 0 fully saturated rings. The quantitative estimate of drug-likeness (QED) is 0.543. The zero-order valence-electron chi connectivity index (χ0n) is 12.4. The summed E-state index contributed by atoms with van der Waals surface area (Å²) in [5.74, 6) is -1.57. The number of benzene rings is 1. The summed E-state index contributed by atoms with van der Waals surface area (Å²) >= 11 is 0. The second-order valence-corrected chi connectivity index (χ2v) is 4.85. The van der Waals surface area contributed by atoms with Gasteiger partial charge in [-0.2, -0.15) is 0 Å². The molecule has 0 bridgehead atoms. The maximum absolute atomic E-state index is 13.3. The highest BCUT2D eigenvalue weighted by molar-refractivity contribution is 5.74. The Morgan fingerprint density at radius 1 is 1.19 bits per heavy atom. The molecule has 0 saturated heterocycles. The van der Waals surface area contributed by atoms with Crippen molar-refractivity contribution in [2.24, 2.45) is 0 Å². The van der Waals surface area contributed by atoms with Gasteiger partial charge in [-0.25, -0.2) is 4.39 Å². The number of hydrogen-bond donors (Lipinski definition) is 0. The first-order valence-corrected chi connectivity index (χ1v) is 7.17. The molecule has 0 aliphatic heterocycles. The molecule has 0 N–H and O–H groups in total. The Morgan fingerprint density at radius 3 is 2.52 bits per heavy atom. The highest BCUT2D eigenvalue weighted by Crippen LogP contribution is 2.16. The molecule has 1 unspecified atom stereocenters. The van der Waals surface area contributed by atoms with E-state index in [9.17, 15) is 14.0 Å². The van der Waals surface area contributed by atoms with Gasteiger partial charge < -0.3 is 9.47 Å². The van der Waals surface area contributed by atoms with E-state index >= 15 is 0 Å². The topological polar surface area (TPSA) is 52.6 Å². The van der Waals surface area contributed by atoms with Gasteiger partial charge in [-0.05, 0) is 31.9 Å². The predicted molar refractivity (Wildman–Crippen MR) is 76.3 cm³/mol. The Morgan fingerprint density at radius 2 is 1.86 bits per heavy atom. The third-order valence-corrected chi connectivity index (χ3v) is 2.85. The molecule has 0 saturated carbocycles. The maximum atomic E-state index is 13.3. The smallest absolute Gasteiger partial charge is 0.311 e. The molecule has 0 heterocycles. The Labute approximate surface area is 124 Å². The number of para-hydroxylation sites is 1. The van der Waals surface area contributed by atoms with E-state index in [2.05, 4.69) is 0 Å². The van der Waals surface area contributed by atoms with E-state index in [0.29, 0.717) is 6.42 Å². The van der Waals surface area contributed by atoms with Crippen molar-refractivity contribution in [3.63, 3.8) is 0 Å². The van der Waals surface area contributed by atoms with Crippen LogP contribution in [0.25, 0.3) is 0 Å². The van der Waals surface area contributed by atoms with Crippen LogP contribution in [0.1, 0.15) is 46.0 Å². The molecule has 116 valence electrons. The summed E-state index contributed by atoms with van der Waals surface area (Å²) in [7, 11) is 0. The van der Waals surface area contributed by atoms with Gasteiger partial charge in [0.25, 0.3) is 0 Å².